The van der Waals surface area contributed by atoms with Crippen LogP contribution in [0.3, 0.4) is 0 Å². The van der Waals surface area contributed by atoms with E-state index < -0.39 is 0 Å². The van der Waals surface area contributed by atoms with Gasteiger partial charge in [-0.25, -0.2) is 4.98 Å². The van der Waals surface area contributed by atoms with Crippen LogP contribution in [0.15, 0.2) is 54.7 Å². The van der Waals surface area contributed by atoms with Crippen LogP contribution in [0.25, 0.3) is 11.3 Å². The highest BCUT2D eigenvalue weighted by molar-refractivity contribution is 5.86. The molecule has 4 unspecified atom stereocenters. The topological polar surface area (TPSA) is 81.8 Å². The zero-order valence-corrected chi connectivity index (χ0v) is 20.2. The number of H-pyrrole nitrogens is 1. The van der Waals surface area contributed by atoms with Crippen molar-refractivity contribution in [3.05, 3.63) is 77.2 Å². The Hall–Kier alpha value is -2.80. The maximum Gasteiger partial charge on any atom is 0.154 e. The molecule has 3 aliphatic rings. The van der Waals surface area contributed by atoms with Crippen LogP contribution in [-0.2, 0) is 11.2 Å². The molecule has 4 atom stereocenters. The Morgan fingerprint density at radius 3 is 2.20 bits per heavy atom. The van der Waals surface area contributed by atoms with Crippen LogP contribution in [-0.4, -0.2) is 34.9 Å². The number of imidazole rings is 1. The molecular formula is C29H35N5O. The summed E-state index contributed by atoms with van der Waals surface area (Å²) in [7, 11) is 0. The van der Waals surface area contributed by atoms with Gasteiger partial charge in [0.15, 0.2) is 5.78 Å². The van der Waals surface area contributed by atoms with E-state index in [-0.39, 0.29) is 23.9 Å². The smallest absolute Gasteiger partial charge is 0.154 e. The van der Waals surface area contributed by atoms with Gasteiger partial charge in [0.05, 0.1) is 24.0 Å². The zero-order valence-electron chi connectivity index (χ0n) is 21.2. The summed E-state index contributed by atoms with van der Waals surface area (Å²) in [6.07, 6.45) is 8.70. The second-order valence-electron chi connectivity index (χ2n) is 10.2. The Morgan fingerprint density at radius 2 is 1.54 bits per heavy atom. The lowest BCUT2D eigenvalue weighted by Crippen LogP contribution is -2.31. The lowest BCUT2D eigenvalue weighted by Gasteiger charge is -2.16. The maximum atomic E-state index is 12.5. The predicted molar refractivity (Wildman–Crippen MR) is 138 cm³/mol. The highest BCUT2D eigenvalue weighted by Crippen LogP contribution is 2.35. The Bertz CT molecular complexity index is 1180. The van der Waals surface area contributed by atoms with Gasteiger partial charge in [0.2, 0.25) is 0 Å². The first kappa shape index (κ1) is 21.5. The number of nitrogens with one attached hydrogen (secondary N) is 4. The second kappa shape index (κ2) is 10.1. The van der Waals surface area contributed by atoms with E-state index in [0.29, 0.717) is 12.5 Å². The number of benzene rings is 2. The van der Waals surface area contributed by atoms with Crippen molar-refractivity contribution in [2.75, 3.05) is 13.1 Å². The Morgan fingerprint density at radius 1 is 0.857 bits per heavy atom. The molecule has 0 spiro atoms. The molecule has 3 saturated heterocycles. The first-order chi connectivity index (χ1) is 17.7. The number of nitrogens with zero attached hydrogens (tertiary/aromatic N) is 1. The molecule has 0 bridgehead atoms. The lowest BCUT2D eigenvalue weighted by molar-refractivity contribution is -0.120. The molecule has 35 heavy (non-hydrogen) atoms. The van der Waals surface area contributed by atoms with Gasteiger partial charge >= 0.3 is 0 Å². The van der Waals surface area contributed by atoms with Crippen molar-refractivity contribution in [3.8, 4) is 11.3 Å². The van der Waals surface area contributed by atoms with E-state index in [4.69, 9.17) is 1.41 Å². The summed E-state index contributed by atoms with van der Waals surface area (Å²) in [4.78, 5) is 20.6. The largest absolute Gasteiger partial charge is 0.341 e. The van der Waals surface area contributed by atoms with Gasteiger partial charge in [-0.15, -0.1) is 0 Å². The standard InChI is InChI=1S/C29H35N5O/c35-28(25-3-1-15-30-25)17-19-5-7-20(8-6-19)23-13-14-24(33-23)21-9-11-22(12-10-21)27-18-32-29(34-27)26-4-2-16-31-26/h5-12,18,23-26,30-31,33H,1-4,13-17H2,(H,32,34)/i/hD. The molecule has 0 saturated carbocycles. The fraction of sp³-hybridized carbons (Fsp3) is 0.448. The van der Waals surface area contributed by atoms with Gasteiger partial charge in [-0.2, -0.15) is 0 Å². The van der Waals surface area contributed by atoms with Gasteiger partial charge in [-0.3, -0.25) is 4.79 Å². The average Bonchev–Trinajstić information content (AvgIpc) is 3.72. The third-order valence-electron chi connectivity index (χ3n) is 7.86. The number of ketones is 1. The Labute approximate surface area is 208 Å². The highest BCUT2D eigenvalue weighted by Gasteiger charge is 2.27. The first-order valence-corrected chi connectivity index (χ1v) is 13.2. The van der Waals surface area contributed by atoms with E-state index >= 15 is 0 Å². The van der Waals surface area contributed by atoms with Crippen LogP contribution in [0.5, 0.6) is 0 Å². The number of hydrogen-bond donors (Lipinski definition) is 4. The predicted octanol–water partition coefficient (Wildman–Crippen LogP) is 4.53. The molecule has 2 aromatic carbocycles. The van der Waals surface area contributed by atoms with E-state index in [0.717, 1.165) is 73.4 Å². The maximum absolute atomic E-state index is 12.5. The summed E-state index contributed by atoms with van der Waals surface area (Å²) in [5.74, 6) is 1.31. The number of aromatic nitrogens is 2. The summed E-state index contributed by atoms with van der Waals surface area (Å²) in [6, 6.07) is 17.5. The molecule has 0 amide bonds. The highest BCUT2D eigenvalue weighted by atomic mass is 16.1. The number of aromatic amines is 1. The van der Waals surface area contributed by atoms with E-state index in [2.05, 4.69) is 69.1 Å². The van der Waals surface area contributed by atoms with E-state index in [9.17, 15) is 4.79 Å². The summed E-state index contributed by atoms with van der Waals surface area (Å²) < 4.78 is 8.87. The van der Waals surface area contributed by atoms with Crippen LogP contribution >= 0.6 is 0 Å². The van der Waals surface area contributed by atoms with Crippen molar-refractivity contribution >= 4 is 5.78 Å². The van der Waals surface area contributed by atoms with Crippen molar-refractivity contribution in [2.45, 2.75) is 69.1 Å². The molecule has 3 fully saturated rings. The van der Waals surface area contributed by atoms with Crippen LogP contribution in [0.4, 0.5) is 0 Å². The Balaban J connectivity index is 1.09. The summed E-state index contributed by atoms with van der Waals surface area (Å²) >= 11 is 0. The van der Waals surface area contributed by atoms with Gasteiger partial charge in [0.25, 0.3) is 0 Å². The molecule has 0 aliphatic carbocycles. The molecule has 0 radical (unpaired) electrons. The van der Waals surface area contributed by atoms with Crippen molar-refractivity contribution in [2.24, 2.45) is 0 Å². The average molecular weight is 471 g/mol. The van der Waals surface area contributed by atoms with Crippen LogP contribution in [0, 0.1) is 0 Å². The van der Waals surface area contributed by atoms with E-state index in [1.807, 2.05) is 6.20 Å². The summed E-state index contributed by atoms with van der Waals surface area (Å²) in [5.41, 5.74) is 5.56. The molecule has 3 aromatic rings. The number of carbonyl (C=O) groups is 1. The van der Waals surface area contributed by atoms with Gasteiger partial charge in [-0.05, 0) is 73.9 Å². The van der Waals surface area contributed by atoms with Crippen molar-refractivity contribution in [1.82, 2.24) is 25.9 Å². The normalized spacial score (nSPS) is 27.4. The number of hydrogen-bond acceptors (Lipinski definition) is 5. The molecule has 3 aliphatic heterocycles. The summed E-state index contributed by atoms with van der Waals surface area (Å²) in [6.45, 7) is 2.01. The monoisotopic (exact) mass is 470 g/mol. The van der Waals surface area contributed by atoms with Gasteiger partial charge in [-0.1, -0.05) is 48.5 Å². The lowest BCUT2D eigenvalue weighted by atomic mass is 9.99. The molecule has 6 nitrogen and oxygen atoms in total. The van der Waals surface area contributed by atoms with E-state index in [1.54, 1.807) is 5.31 Å². The Kier molecular flexibility index (Phi) is 6.17. The third-order valence-corrected chi connectivity index (χ3v) is 7.86. The molecule has 6 heteroatoms. The second-order valence-corrected chi connectivity index (χ2v) is 10.2. The molecule has 4 heterocycles. The van der Waals surface area contributed by atoms with Crippen LogP contribution in [0.2, 0.25) is 1.41 Å². The molecule has 1 aromatic heterocycles. The number of rotatable bonds is 7. The minimum Gasteiger partial charge on any atom is -0.341 e. The molecule has 6 rings (SSSR count). The minimum absolute atomic E-state index is 0.0232. The first-order valence-electron chi connectivity index (χ1n) is 13.6. The van der Waals surface area contributed by atoms with Crippen molar-refractivity contribution < 1.29 is 6.21 Å². The SMILES string of the molecule is [2H]N1C(c2ccc(CC(=O)C3CCCN3)cc2)CCC1c1ccc(-c2cnc(C3CCCN3)[nH]2)cc1. The number of Topliss-reactive ketones (excluding diaryl/α,β-unsaturated/α-hetero) is 1. The molecule has 4 N–H and O–H groups in total. The summed E-state index contributed by atoms with van der Waals surface area (Å²) in [5, 5.41) is 8.55. The molecule has 182 valence electrons. The fourth-order valence-electron chi connectivity index (χ4n) is 5.79. The quantitative estimate of drug-likeness (QED) is 0.408. The third kappa shape index (κ3) is 4.96. The van der Waals surface area contributed by atoms with Gasteiger partial charge in [0.1, 0.15) is 7.24 Å². The van der Waals surface area contributed by atoms with Crippen molar-refractivity contribution in [1.29, 1.82) is 0 Å². The van der Waals surface area contributed by atoms with Crippen LogP contribution in [0.1, 0.15) is 79.2 Å². The zero-order chi connectivity index (χ0) is 24.5. The van der Waals surface area contributed by atoms with Gasteiger partial charge in [0, 0.05) is 18.5 Å². The number of carbonyl (C=O) groups excluding carboxylic acids is 1. The van der Waals surface area contributed by atoms with E-state index in [1.165, 1.54) is 12.0 Å². The van der Waals surface area contributed by atoms with Gasteiger partial charge < -0.3 is 20.9 Å². The minimum atomic E-state index is 0.0232. The van der Waals surface area contributed by atoms with Crippen LogP contribution < -0.4 is 15.9 Å². The molecular weight excluding hydrogens is 434 g/mol. The van der Waals surface area contributed by atoms with Crippen molar-refractivity contribution in [3.63, 3.8) is 0 Å². The fourth-order valence-corrected chi connectivity index (χ4v) is 5.79.